The molecule has 0 bridgehead atoms. The summed E-state index contributed by atoms with van der Waals surface area (Å²) in [4.78, 5) is 29.8. The van der Waals surface area contributed by atoms with E-state index in [1.54, 1.807) is 55.1 Å². The predicted octanol–water partition coefficient (Wildman–Crippen LogP) is 3.44. The highest BCUT2D eigenvalue weighted by Crippen LogP contribution is 2.27. The molecular weight excluding hydrogens is 356 g/mol. The molecule has 1 unspecified atom stereocenters. The van der Waals surface area contributed by atoms with E-state index >= 15 is 0 Å². The van der Waals surface area contributed by atoms with E-state index in [1.807, 2.05) is 19.9 Å². The van der Waals surface area contributed by atoms with Crippen molar-refractivity contribution in [3.8, 4) is 0 Å². The number of rotatable bonds is 6. The average molecular weight is 380 g/mol. The van der Waals surface area contributed by atoms with Crippen molar-refractivity contribution < 1.29 is 14.7 Å². The molecule has 2 N–H and O–H groups in total. The smallest absolute Gasteiger partial charge is 0.334 e. The van der Waals surface area contributed by atoms with Gasteiger partial charge >= 0.3 is 5.97 Å². The maximum Gasteiger partial charge on any atom is 0.334 e. The van der Waals surface area contributed by atoms with Gasteiger partial charge in [0.1, 0.15) is 0 Å². The van der Waals surface area contributed by atoms with Crippen molar-refractivity contribution in [1.29, 1.82) is 0 Å². The van der Waals surface area contributed by atoms with Crippen LogP contribution in [-0.4, -0.2) is 31.7 Å². The Kier molecular flexibility index (Phi) is 5.18. The van der Waals surface area contributed by atoms with Crippen LogP contribution in [0.15, 0.2) is 42.6 Å². The van der Waals surface area contributed by atoms with Gasteiger partial charge in [0.25, 0.3) is 5.91 Å². The van der Waals surface area contributed by atoms with Gasteiger partial charge in [0.05, 0.1) is 17.5 Å². The molecule has 1 aromatic carbocycles. The number of nitrogens with zero attached hydrogens (tertiary/aromatic N) is 3. The van der Waals surface area contributed by atoms with Gasteiger partial charge in [-0.15, -0.1) is 0 Å². The molecule has 2 heterocycles. The van der Waals surface area contributed by atoms with E-state index < -0.39 is 17.4 Å². The predicted molar refractivity (Wildman–Crippen MR) is 106 cm³/mol. The lowest BCUT2D eigenvalue weighted by Gasteiger charge is -2.30. The maximum absolute atomic E-state index is 13.1. The van der Waals surface area contributed by atoms with Gasteiger partial charge in [-0.1, -0.05) is 37.3 Å². The number of nitrogens with one attached hydrogen (secondary N) is 1. The second-order valence-electron chi connectivity index (χ2n) is 7.10. The SMILES string of the molecule is CCC(NC(=O)c1cc2cnn(C(C)C)c2nc1C)(C(=O)O)c1ccccc1. The number of aliphatic carboxylic acids is 1. The normalized spacial score (nSPS) is 13.5. The topological polar surface area (TPSA) is 97.1 Å². The van der Waals surface area contributed by atoms with E-state index in [1.165, 1.54) is 0 Å². The Balaban J connectivity index is 2.03. The highest BCUT2D eigenvalue weighted by atomic mass is 16.4. The van der Waals surface area contributed by atoms with Gasteiger partial charge < -0.3 is 10.4 Å². The molecule has 3 aromatic rings. The summed E-state index contributed by atoms with van der Waals surface area (Å²) >= 11 is 0. The highest BCUT2D eigenvalue weighted by Gasteiger charge is 2.40. The molecule has 28 heavy (non-hydrogen) atoms. The zero-order chi connectivity index (χ0) is 20.5. The number of carbonyl (C=O) groups is 2. The number of pyridine rings is 1. The number of aromatic nitrogens is 3. The summed E-state index contributed by atoms with van der Waals surface area (Å²) in [5, 5.41) is 17.7. The minimum Gasteiger partial charge on any atom is -0.479 e. The summed E-state index contributed by atoms with van der Waals surface area (Å²) in [7, 11) is 0. The Bertz CT molecular complexity index is 1030. The summed E-state index contributed by atoms with van der Waals surface area (Å²) < 4.78 is 1.79. The van der Waals surface area contributed by atoms with Gasteiger partial charge in [0.2, 0.25) is 0 Å². The van der Waals surface area contributed by atoms with E-state index in [2.05, 4.69) is 15.4 Å². The van der Waals surface area contributed by atoms with Crippen molar-refractivity contribution in [2.45, 2.75) is 45.7 Å². The van der Waals surface area contributed by atoms with Crippen LogP contribution in [-0.2, 0) is 10.3 Å². The Hall–Kier alpha value is -3.22. The molecule has 0 radical (unpaired) electrons. The van der Waals surface area contributed by atoms with Gasteiger partial charge in [0.15, 0.2) is 11.2 Å². The molecule has 3 rings (SSSR count). The zero-order valence-electron chi connectivity index (χ0n) is 16.4. The monoisotopic (exact) mass is 380 g/mol. The number of amides is 1. The zero-order valence-corrected chi connectivity index (χ0v) is 16.4. The van der Waals surface area contributed by atoms with E-state index in [9.17, 15) is 14.7 Å². The third-order valence-electron chi connectivity index (χ3n) is 4.98. The number of benzene rings is 1. The lowest BCUT2D eigenvalue weighted by Crippen LogP contribution is -2.51. The molecule has 0 saturated carbocycles. The van der Waals surface area contributed by atoms with Crippen LogP contribution in [0.5, 0.6) is 0 Å². The van der Waals surface area contributed by atoms with Crippen LogP contribution < -0.4 is 5.32 Å². The minimum atomic E-state index is -1.51. The molecule has 1 atom stereocenters. The molecule has 0 aliphatic heterocycles. The van der Waals surface area contributed by atoms with Crippen molar-refractivity contribution >= 4 is 22.9 Å². The number of hydrogen-bond acceptors (Lipinski definition) is 4. The Morgan fingerprint density at radius 2 is 1.93 bits per heavy atom. The molecule has 0 spiro atoms. The van der Waals surface area contributed by atoms with Crippen molar-refractivity contribution in [3.63, 3.8) is 0 Å². The fourth-order valence-corrected chi connectivity index (χ4v) is 3.35. The number of carboxylic acids is 1. The van der Waals surface area contributed by atoms with Crippen LogP contribution in [0, 0.1) is 6.92 Å². The van der Waals surface area contributed by atoms with Crippen molar-refractivity contribution in [2.24, 2.45) is 0 Å². The van der Waals surface area contributed by atoms with E-state index in [4.69, 9.17) is 0 Å². The lowest BCUT2D eigenvalue weighted by atomic mass is 9.86. The average Bonchev–Trinajstić information content (AvgIpc) is 3.08. The first-order chi connectivity index (χ1) is 13.3. The van der Waals surface area contributed by atoms with E-state index in [-0.39, 0.29) is 12.5 Å². The molecule has 146 valence electrons. The summed E-state index contributed by atoms with van der Waals surface area (Å²) in [6, 6.07) is 10.6. The quantitative estimate of drug-likeness (QED) is 0.683. The largest absolute Gasteiger partial charge is 0.479 e. The molecule has 7 heteroatoms. The molecule has 7 nitrogen and oxygen atoms in total. The van der Waals surface area contributed by atoms with Crippen LogP contribution in [0.4, 0.5) is 0 Å². The summed E-state index contributed by atoms with van der Waals surface area (Å²) in [6.45, 7) is 7.49. The fourth-order valence-electron chi connectivity index (χ4n) is 3.35. The molecule has 0 aliphatic rings. The van der Waals surface area contributed by atoms with E-state index in [0.29, 0.717) is 22.5 Å². The second-order valence-corrected chi connectivity index (χ2v) is 7.10. The third kappa shape index (κ3) is 3.24. The van der Waals surface area contributed by atoms with Crippen molar-refractivity contribution in [3.05, 3.63) is 59.4 Å². The number of carbonyl (C=O) groups excluding carboxylic acids is 1. The molecule has 0 aliphatic carbocycles. The molecule has 2 aromatic heterocycles. The highest BCUT2D eigenvalue weighted by molar-refractivity contribution is 6.01. The van der Waals surface area contributed by atoms with Crippen LogP contribution in [0.1, 0.15) is 54.8 Å². The number of hydrogen-bond donors (Lipinski definition) is 2. The van der Waals surface area contributed by atoms with Crippen LogP contribution in [0.3, 0.4) is 0 Å². The van der Waals surface area contributed by atoms with Crippen LogP contribution in [0.25, 0.3) is 11.0 Å². The third-order valence-corrected chi connectivity index (χ3v) is 4.98. The summed E-state index contributed by atoms with van der Waals surface area (Å²) in [5.74, 6) is -1.58. The Morgan fingerprint density at radius 3 is 2.50 bits per heavy atom. The maximum atomic E-state index is 13.1. The summed E-state index contributed by atoms with van der Waals surface area (Å²) in [5.41, 5.74) is 0.577. The van der Waals surface area contributed by atoms with Gasteiger partial charge in [-0.05, 0) is 38.8 Å². The van der Waals surface area contributed by atoms with Gasteiger partial charge in [-0.2, -0.15) is 5.10 Å². The van der Waals surface area contributed by atoms with Crippen molar-refractivity contribution in [1.82, 2.24) is 20.1 Å². The first kappa shape index (κ1) is 19.5. The Labute approximate surface area is 163 Å². The number of carboxylic acid groups (broad SMARTS) is 1. The first-order valence-electron chi connectivity index (χ1n) is 9.26. The standard InChI is InChI=1S/C21H24N4O3/c1-5-21(20(27)28,16-9-7-6-8-10-16)24-19(26)17-11-15-12-22-25(13(2)3)18(15)23-14(17)4/h6-13H,5H2,1-4H3,(H,24,26)(H,27,28). The molecular formula is C21H24N4O3. The van der Waals surface area contributed by atoms with Crippen LogP contribution >= 0.6 is 0 Å². The number of aryl methyl sites for hydroxylation is 1. The molecule has 0 saturated heterocycles. The van der Waals surface area contributed by atoms with Crippen molar-refractivity contribution in [2.75, 3.05) is 0 Å². The first-order valence-corrected chi connectivity index (χ1v) is 9.26. The second kappa shape index (κ2) is 7.42. The molecule has 0 fully saturated rings. The fraction of sp³-hybridized carbons (Fsp3) is 0.333. The lowest BCUT2D eigenvalue weighted by molar-refractivity contribution is -0.145. The van der Waals surface area contributed by atoms with Gasteiger partial charge in [0, 0.05) is 11.4 Å². The van der Waals surface area contributed by atoms with Crippen LogP contribution in [0.2, 0.25) is 0 Å². The summed E-state index contributed by atoms with van der Waals surface area (Å²) in [6.07, 6.45) is 1.87. The molecule has 1 amide bonds. The van der Waals surface area contributed by atoms with Gasteiger partial charge in [-0.25, -0.2) is 14.5 Å². The van der Waals surface area contributed by atoms with Gasteiger partial charge in [-0.3, -0.25) is 4.79 Å². The minimum absolute atomic E-state index is 0.141. The number of fused-ring (bicyclic) bond motifs is 1. The Morgan fingerprint density at radius 1 is 1.25 bits per heavy atom. The van der Waals surface area contributed by atoms with E-state index in [0.717, 1.165) is 5.39 Å².